The molecule has 11 heteroatoms. The summed E-state index contributed by atoms with van der Waals surface area (Å²) in [5, 5.41) is 2.69. The molecule has 1 amide bonds. The zero-order valence-electron chi connectivity index (χ0n) is 18.3. The summed E-state index contributed by atoms with van der Waals surface area (Å²) < 4.78 is 34.4. The Morgan fingerprint density at radius 2 is 1.94 bits per heavy atom. The van der Waals surface area contributed by atoms with Crippen molar-refractivity contribution >= 4 is 54.0 Å². The van der Waals surface area contributed by atoms with E-state index in [2.05, 4.69) is 4.90 Å². The highest BCUT2D eigenvalue weighted by Crippen LogP contribution is 2.33. The Hall–Kier alpha value is -2.21. The quantitative estimate of drug-likeness (QED) is 0.528. The SMILES string of the molecule is COc1ccc2nc(N3CCN(C(=O)C4CCCCN4S(=O)(=O)c4cccs4)CC3)sc2c1. The van der Waals surface area contributed by atoms with Crippen molar-refractivity contribution in [1.82, 2.24) is 14.2 Å². The number of rotatable bonds is 5. The minimum atomic E-state index is -3.65. The number of ether oxygens (including phenoxy) is 1. The van der Waals surface area contributed by atoms with Crippen LogP contribution >= 0.6 is 22.7 Å². The maximum Gasteiger partial charge on any atom is 0.253 e. The van der Waals surface area contributed by atoms with E-state index in [0.29, 0.717) is 43.4 Å². The second kappa shape index (κ2) is 9.21. The van der Waals surface area contributed by atoms with Gasteiger partial charge in [-0.2, -0.15) is 4.31 Å². The normalized spacial score (nSPS) is 20.3. The van der Waals surface area contributed by atoms with Crippen LogP contribution in [0.4, 0.5) is 5.13 Å². The van der Waals surface area contributed by atoms with Crippen molar-refractivity contribution < 1.29 is 17.9 Å². The molecule has 2 saturated heterocycles. The molecular weight excluding hydrogens is 480 g/mol. The van der Waals surface area contributed by atoms with Crippen LogP contribution in [0, 0.1) is 0 Å². The maximum atomic E-state index is 13.4. The lowest BCUT2D eigenvalue weighted by Gasteiger charge is -2.40. The molecule has 8 nitrogen and oxygen atoms in total. The highest BCUT2D eigenvalue weighted by atomic mass is 32.2. The summed E-state index contributed by atoms with van der Waals surface area (Å²) in [6.45, 7) is 2.86. The van der Waals surface area contributed by atoms with E-state index in [1.165, 1.54) is 15.6 Å². The standard InChI is InChI=1S/C22H26N4O4S3/c1-30-16-7-8-17-19(15-16)32-22(23-17)25-12-10-24(11-13-25)21(27)18-5-2-3-9-26(18)33(28,29)20-6-4-14-31-20/h4,6-8,14-15,18H,2-3,5,9-13H2,1H3. The molecule has 1 unspecified atom stereocenters. The zero-order chi connectivity index (χ0) is 23.0. The van der Waals surface area contributed by atoms with E-state index in [-0.39, 0.29) is 5.91 Å². The van der Waals surface area contributed by atoms with Crippen molar-refractivity contribution in [1.29, 1.82) is 0 Å². The van der Waals surface area contributed by atoms with E-state index >= 15 is 0 Å². The number of hydrogen-bond donors (Lipinski definition) is 0. The fourth-order valence-electron chi connectivity index (χ4n) is 4.45. The van der Waals surface area contributed by atoms with Crippen LogP contribution in [0.5, 0.6) is 5.75 Å². The number of fused-ring (bicyclic) bond motifs is 1. The zero-order valence-corrected chi connectivity index (χ0v) is 20.8. The number of aromatic nitrogens is 1. The van der Waals surface area contributed by atoms with Crippen LogP contribution in [0.15, 0.2) is 39.9 Å². The van der Waals surface area contributed by atoms with Gasteiger partial charge < -0.3 is 14.5 Å². The molecule has 1 aromatic carbocycles. The van der Waals surface area contributed by atoms with Gasteiger partial charge in [-0.25, -0.2) is 13.4 Å². The number of amides is 1. The number of piperidine rings is 1. The number of piperazine rings is 1. The third-order valence-corrected chi connectivity index (χ3v) is 10.6. The average Bonchev–Trinajstić information content (AvgIpc) is 3.54. The van der Waals surface area contributed by atoms with Crippen LogP contribution in [-0.2, 0) is 14.8 Å². The summed E-state index contributed by atoms with van der Waals surface area (Å²) in [6, 6.07) is 8.58. The molecule has 0 aliphatic carbocycles. The van der Waals surface area contributed by atoms with E-state index < -0.39 is 16.1 Å². The summed E-state index contributed by atoms with van der Waals surface area (Å²) >= 11 is 2.82. The third-order valence-electron chi connectivity index (χ3n) is 6.24. The van der Waals surface area contributed by atoms with E-state index in [1.54, 1.807) is 36.0 Å². The Balaban J connectivity index is 1.28. The predicted molar refractivity (Wildman–Crippen MR) is 131 cm³/mol. The molecule has 0 N–H and O–H groups in total. The molecule has 0 saturated carbocycles. The average molecular weight is 507 g/mol. The molecule has 3 aromatic rings. The number of carbonyl (C=O) groups is 1. The lowest BCUT2D eigenvalue weighted by molar-refractivity contribution is -0.136. The molecule has 2 fully saturated rings. The summed E-state index contributed by atoms with van der Waals surface area (Å²) in [5.41, 5.74) is 0.936. The molecule has 5 rings (SSSR count). The Morgan fingerprint density at radius 3 is 2.67 bits per heavy atom. The van der Waals surface area contributed by atoms with E-state index in [9.17, 15) is 13.2 Å². The second-order valence-electron chi connectivity index (χ2n) is 8.20. The van der Waals surface area contributed by atoms with Crippen LogP contribution in [0.1, 0.15) is 19.3 Å². The minimum absolute atomic E-state index is 0.0801. The van der Waals surface area contributed by atoms with Crippen molar-refractivity contribution in [2.75, 3.05) is 44.7 Å². The largest absolute Gasteiger partial charge is 0.497 e. The first kappa shape index (κ1) is 22.6. The molecule has 2 aliphatic heterocycles. The number of benzene rings is 1. The second-order valence-corrected chi connectivity index (χ2v) is 12.3. The van der Waals surface area contributed by atoms with Gasteiger partial charge in [-0.1, -0.05) is 23.8 Å². The van der Waals surface area contributed by atoms with Gasteiger partial charge in [0.1, 0.15) is 16.0 Å². The van der Waals surface area contributed by atoms with Crippen LogP contribution < -0.4 is 9.64 Å². The summed E-state index contributed by atoms with van der Waals surface area (Å²) in [4.78, 5) is 22.2. The minimum Gasteiger partial charge on any atom is -0.497 e. The molecule has 1 atom stereocenters. The van der Waals surface area contributed by atoms with Gasteiger partial charge >= 0.3 is 0 Å². The lowest BCUT2D eigenvalue weighted by atomic mass is 10.0. The molecule has 2 aromatic heterocycles. The van der Waals surface area contributed by atoms with Gasteiger partial charge in [-0.15, -0.1) is 11.3 Å². The van der Waals surface area contributed by atoms with Crippen molar-refractivity contribution in [3.05, 3.63) is 35.7 Å². The third kappa shape index (κ3) is 4.34. The van der Waals surface area contributed by atoms with Crippen LogP contribution in [0.2, 0.25) is 0 Å². The topological polar surface area (TPSA) is 83.1 Å². The maximum absolute atomic E-state index is 13.4. The van der Waals surface area contributed by atoms with E-state index in [1.807, 2.05) is 23.1 Å². The van der Waals surface area contributed by atoms with Gasteiger partial charge in [0.25, 0.3) is 10.0 Å². The van der Waals surface area contributed by atoms with Gasteiger partial charge in [0.05, 0.1) is 17.3 Å². The highest BCUT2D eigenvalue weighted by Gasteiger charge is 2.40. The number of sulfonamides is 1. The van der Waals surface area contributed by atoms with Gasteiger partial charge in [-0.3, -0.25) is 4.79 Å². The number of nitrogens with zero attached hydrogens (tertiary/aromatic N) is 4. The molecular formula is C22H26N4O4S3. The van der Waals surface area contributed by atoms with Gasteiger partial charge in [0.15, 0.2) is 5.13 Å². The Labute approximate surface area is 201 Å². The number of anilines is 1. The van der Waals surface area contributed by atoms with Crippen molar-refractivity contribution in [3.63, 3.8) is 0 Å². The molecule has 0 radical (unpaired) electrons. The summed E-state index contributed by atoms with van der Waals surface area (Å²) in [6.07, 6.45) is 2.22. The molecule has 2 aliphatic rings. The van der Waals surface area contributed by atoms with Crippen LogP contribution in [-0.4, -0.2) is 74.4 Å². The fraction of sp³-hybridized carbons (Fsp3) is 0.455. The van der Waals surface area contributed by atoms with Crippen LogP contribution in [0.3, 0.4) is 0 Å². The number of thiophene rings is 1. The number of thiazole rings is 1. The number of carbonyl (C=O) groups excluding carboxylic acids is 1. The van der Waals surface area contributed by atoms with Crippen molar-refractivity contribution in [2.24, 2.45) is 0 Å². The predicted octanol–water partition coefficient (Wildman–Crippen LogP) is 3.26. The van der Waals surface area contributed by atoms with Crippen LogP contribution in [0.25, 0.3) is 10.2 Å². The fourth-order valence-corrected chi connectivity index (χ4v) is 8.27. The first-order chi connectivity index (χ1) is 16.0. The molecule has 33 heavy (non-hydrogen) atoms. The Kier molecular flexibility index (Phi) is 6.30. The highest BCUT2D eigenvalue weighted by molar-refractivity contribution is 7.91. The van der Waals surface area contributed by atoms with E-state index in [4.69, 9.17) is 9.72 Å². The Bertz CT molecular complexity index is 1230. The Morgan fingerprint density at radius 1 is 1.12 bits per heavy atom. The van der Waals surface area contributed by atoms with Crippen molar-refractivity contribution in [2.45, 2.75) is 29.5 Å². The molecule has 176 valence electrons. The lowest BCUT2D eigenvalue weighted by Crippen LogP contribution is -2.57. The summed E-state index contributed by atoms with van der Waals surface area (Å²) in [7, 11) is -2.00. The van der Waals surface area contributed by atoms with Gasteiger partial charge in [0, 0.05) is 32.7 Å². The number of hydrogen-bond acceptors (Lipinski definition) is 8. The summed E-state index contributed by atoms with van der Waals surface area (Å²) in [5.74, 6) is 0.728. The van der Waals surface area contributed by atoms with Crippen molar-refractivity contribution in [3.8, 4) is 5.75 Å². The molecule has 4 heterocycles. The first-order valence-corrected chi connectivity index (χ1v) is 14.1. The number of methoxy groups -OCH3 is 1. The van der Waals surface area contributed by atoms with Gasteiger partial charge in [0.2, 0.25) is 5.91 Å². The monoisotopic (exact) mass is 506 g/mol. The molecule has 0 bridgehead atoms. The van der Waals surface area contributed by atoms with E-state index in [0.717, 1.165) is 33.9 Å². The van der Waals surface area contributed by atoms with Gasteiger partial charge in [-0.05, 0) is 42.5 Å². The smallest absolute Gasteiger partial charge is 0.253 e. The molecule has 0 spiro atoms. The first-order valence-electron chi connectivity index (χ1n) is 11.0.